The van der Waals surface area contributed by atoms with E-state index in [9.17, 15) is 0 Å². The maximum atomic E-state index is 8.96. The summed E-state index contributed by atoms with van der Waals surface area (Å²) in [6.07, 6.45) is -5.49. The summed E-state index contributed by atoms with van der Waals surface area (Å²) in [6.45, 7) is -0.0846. The van der Waals surface area contributed by atoms with Crippen LogP contribution >= 0.6 is 0 Å². The number of rotatable bonds is 8. The normalized spacial score (nSPS) is 16.9. The molecule has 0 saturated carbocycles. The van der Waals surface area contributed by atoms with Gasteiger partial charge in [0.2, 0.25) is 0 Å². The second-order valence-corrected chi connectivity index (χ2v) is 5.57. The molecule has 0 rings (SSSR count). The first kappa shape index (κ1) is 25.9. The summed E-state index contributed by atoms with van der Waals surface area (Å²) in [5.74, 6) is 0. The van der Waals surface area contributed by atoms with E-state index in [1.165, 1.54) is 0 Å². The van der Waals surface area contributed by atoms with Crippen LogP contribution in [-0.4, -0.2) is 112 Å². The monoisotopic (exact) mass is 335 g/mol. The van der Waals surface area contributed by atoms with E-state index >= 15 is 0 Å². The first-order valence-corrected chi connectivity index (χ1v) is 6.46. The maximum Gasteiger partial charge on any atom is 0.111 e. The van der Waals surface area contributed by atoms with Crippen LogP contribution < -0.4 is 12.4 Å². The first-order valence-electron chi connectivity index (χ1n) is 6.46. The number of halogens is 1. The molecule has 0 aliphatic heterocycles. The maximum absolute atomic E-state index is 8.96. The Morgan fingerprint density at radius 2 is 1.10 bits per heavy atom. The van der Waals surface area contributed by atoms with Crippen molar-refractivity contribution in [2.75, 3.05) is 47.5 Å². The molecule has 4 unspecified atom stereocenters. The number of aliphatic hydroxyl groups is 7. The molecule has 0 amide bonds. The molecule has 9 heteroatoms. The van der Waals surface area contributed by atoms with Crippen LogP contribution in [0.5, 0.6) is 0 Å². The Balaban J connectivity index is -0.000000317. The summed E-state index contributed by atoms with van der Waals surface area (Å²) >= 11 is 0. The lowest BCUT2D eigenvalue weighted by Gasteiger charge is -2.24. The standard InChI is InChI=1S/C6H16NO.C6H14O6.ClH/c1-7(2,3)5-4-6-8;7-1-3(9)5(11)6(12)4(10)2-8;/h8H,4-6H2,1-3H3;3-12H,1-2H2;1H/q+1;;/p-1. The molecule has 132 valence electrons. The van der Waals surface area contributed by atoms with Crippen molar-refractivity contribution in [2.45, 2.75) is 30.8 Å². The third kappa shape index (κ3) is 14.7. The lowest BCUT2D eigenvalue weighted by molar-refractivity contribution is -0.870. The van der Waals surface area contributed by atoms with Crippen LogP contribution in [-0.2, 0) is 0 Å². The highest BCUT2D eigenvalue weighted by Gasteiger charge is 2.29. The molecule has 0 fully saturated rings. The molecule has 0 saturated heterocycles. The summed E-state index contributed by atoms with van der Waals surface area (Å²) in [4.78, 5) is 0. The van der Waals surface area contributed by atoms with Gasteiger partial charge in [0.15, 0.2) is 0 Å². The lowest BCUT2D eigenvalue weighted by atomic mass is 10.0. The fraction of sp³-hybridized carbons (Fsp3) is 1.00. The van der Waals surface area contributed by atoms with Crippen LogP contribution in [0.2, 0.25) is 0 Å². The van der Waals surface area contributed by atoms with E-state index < -0.39 is 37.6 Å². The molecule has 0 radical (unpaired) electrons. The van der Waals surface area contributed by atoms with Crippen LogP contribution in [0.25, 0.3) is 0 Å². The topological polar surface area (TPSA) is 142 Å². The molecule has 0 bridgehead atoms. The van der Waals surface area contributed by atoms with Crippen molar-refractivity contribution >= 4 is 0 Å². The highest BCUT2D eigenvalue weighted by molar-refractivity contribution is 4.79. The summed E-state index contributed by atoms with van der Waals surface area (Å²) in [6, 6.07) is 0. The van der Waals surface area contributed by atoms with Crippen LogP contribution in [0.1, 0.15) is 6.42 Å². The minimum Gasteiger partial charge on any atom is -1.00 e. The van der Waals surface area contributed by atoms with Gasteiger partial charge in [-0.3, -0.25) is 0 Å². The summed E-state index contributed by atoms with van der Waals surface area (Å²) in [5.41, 5.74) is 0. The van der Waals surface area contributed by atoms with Gasteiger partial charge in [0, 0.05) is 13.0 Å². The van der Waals surface area contributed by atoms with Crippen molar-refractivity contribution < 1.29 is 52.6 Å². The molecular weight excluding hydrogens is 306 g/mol. The largest absolute Gasteiger partial charge is 1.00 e. The molecule has 8 nitrogen and oxygen atoms in total. The Morgan fingerprint density at radius 3 is 1.24 bits per heavy atom. The number of aliphatic hydroxyl groups excluding tert-OH is 7. The molecule has 0 aliphatic carbocycles. The Morgan fingerprint density at radius 1 is 0.762 bits per heavy atom. The van der Waals surface area contributed by atoms with Crippen molar-refractivity contribution in [2.24, 2.45) is 0 Å². The van der Waals surface area contributed by atoms with Crippen molar-refractivity contribution in [1.29, 1.82) is 0 Å². The molecule has 0 aliphatic rings. The Bertz CT molecular complexity index is 214. The molecule has 0 aromatic carbocycles. The smallest absolute Gasteiger partial charge is 0.111 e. The fourth-order valence-corrected chi connectivity index (χ4v) is 1.22. The summed E-state index contributed by atoms with van der Waals surface area (Å²) in [7, 11) is 6.36. The second kappa shape index (κ2) is 13.6. The first-order chi connectivity index (χ1) is 9.10. The quantitative estimate of drug-likeness (QED) is 0.219. The van der Waals surface area contributed by atoms with Gasteiger partial charge >= 0.3 is 0 Å². The van der Waals surface area contributed by atoms with E-state index in [4.69, 9.17) is 35.7 Å². The van der Waals surface area contributed by atoms with Crippen LogP contribution in [0.3, 0.4) is 0 Å². The molecule has 4 atom stereocenters. The van der Waals surface area contributed by atoms with Gasteiger partial charge in [-0.15, -0.1) is 0 Å². The second-order valence-electron chi connectivity index (χ2n) is 5.57. The van der Waals surface area contributed by atoms with Crippen LogP contribution in [0.15, 0.2) is 0 Å². The molecular formula is C12H30ClNO7. The van der Waals surface area contributed by atoms with Gasteiger partial charge in [0.05, 0.1) is 40.9 Å². The van der Waals surface area contributed by atoms with Gasteiger partial charge in [0.1, 0.15) is 24.4 Å². The van der Waals surface area contributed by atoms with Crippen molar-refractivity contribution in [3.63, 3.8) is 0 Å². The minimum atomic E-state index is -1.67. The van der Waals surface area contributed by atoms with Crippen molar-refractivity contribution in [3.8, 4) is 0 Å². The van der Waals surface area contributed by atoms with Gasteiger partial charge in [-0.25, -0.2) is 0 Å². The molecule has 21 heavy (non-hydrogen) atoms. The van der Waals surface area contributed by atoms with Crippen molar-refractivity contribution in [1.82, 2.24) is 0 Å². The third-order valence-corrected chi connectivity index (χ3v) is 2.50. The molecule has 7 N–H and O–H groups in total. The van der Waals surface area contributed by atoms with Gasteiger partial charge in [-0.2, -0.15) is 0 Å². The third-order valence-electron chi connectivity index (χ3n) is 2.50. The number of hydrogen-bond donors (Lipinski definition) is 7. The van der Waals surface area contributed by atoms with Crippen LogP contribution in [0.4, 0.5) is 0 Å². The SMILES string of the molecule is C[N+](C)(C)CCCO.OCC(O)C(O)C(O)C(O)CO.[Cl-]. The molecule has 0 heterocycles. The van der Waals surface area contributed by atoms with E-state index in [-0.39, 0.29) is 12.4 Å². The van der Waals surface area contributed by atoms with E-state index in [2.05, 4.69) is 21.1 Å². The predicted octanol–water partition coefficient (Wildman–Crippen LogP) is -6.51. The zero-order chi connectivity index (χ0) is 16.3. The zero-order valence-corrected chi connectivity index (χ0v) is 13.6. The molecule has 0 spiro atoms. The van der Waals surface area contributed by atoms with Gasteiger partial charge < -0.3 is 52.6 Å². The number of quaternary nitrogens is 1. The van der Waals surface area contributed by atoms with Gasteiger partial charge in [-0.05, 0) is 0 Å². The number of hydrogen-bond acceptors (Lipinski definition) is 7. The van der Waals surface area contributed by atoms with E-state index in [1.807, 2.05) is 0 Å². The zero-order valence-electron chi connectivity index (χ0n) is 12.8. The van der Waals surface area contributed by atoms with Crippen LogP contribution in [0, 0.1) is 0 Å². The Labute approximate surface area is 131 Å². The average molecular weight is 336 g/mol. The lowest BCUT2D eigenvalue weighted by Crippen LogP contribution is -3.00. The van der Waals surface area contributed by atoms with E-state index in [0.29, 0.717) is 6.61 Å². The van der Waals surface area contributed by atoms with E-state index in [1.54, 1.807) is 0 Å². The fourth-order valence-electron chi connectivity index (χ4n) is 1.22. The van der Waals surface area contributed by atoms with Crippen molar-refractivity contribution in [3.05, 3.63) is 0 Å². The highest BCUT2D eigenvalue weighted by Crippen LogP contribution is 2.04. The number of nitrogens with zero attached hydrogens (tertiary/aromatic N) is 1. The molecule has 0 aromatic heterocycles. The summed E-state index contributed by atoms with van der Waals surface area (Å²) < 4.78 is 0.945. The molecule has 0 aromatic rings. The minimum absolute atomic E-state index is 0. The summed E-state index contributed by atoms with van der Waals surface area (Å²) in [5, 5.41) is 60.6. The van der Waals surface area contributed by atoms with Gasteiger partial charge in [-0.1, -0.05) is 0 Å². The Hall–Kier alpha value is -0.0300. The Kier molecular flexibility index (Phi) is 16.8. The average Bonchev–Trinajstić information content (AvgIpc) is 2.41. The predicted molar refractivity (Wildman–Crippen MR) is 72.8 cm³/mol. The van der Waals surface area contributed by atoms with Gasteiger partial charge in [0.25, 0.3) is 0 Å². The van der Waals surface area contributed by atoms with E-state index in [0.717, 1.165) is 17.4 Å². The highest BCUT2D eigenvalue weighted by atomic mass is 35.5.